The number of benzene rings is 2. The van der Waals surface area contributed by atoms with Crippen LogP contribution in [-0.2, 0) is 6.50 Å². The SMILES string of the molecule is [2H]C([2H])(Nc1nc(-c2ccccc2C(C)C)ncc1C)c1ccc(-n2ccnn2)cc1. The molecule has 0 saturated heterocycles. The molecule has 1 N–H and O–H groups in total. The van der Waals surface area contributed by atoms with Gasteiger partial charge >= 0.3 is 0 Å². The smallest absolute Gasteiger partial charge is 0.161 e. The van der Waals surface area contributed by atoms with E-state index in [2.05, 4.69) is 45.5 Å². The average Bonchev–Trinajstić information content (AvgIpc) is 3.30. The van der Waals surface area contributed by atoms with E-state index in [0.717, 1.165) is 22.4 Å². The van der Waals surface area contributed by atoms with Crippen LogP contribution in [0.25, 0.3) is 17.1 Å². The van der Waals surface area contributed by atoms with E-state index >= 15 is 0 Å². The van der Waals surface area contributed by atoms with Gasteiger partial charge in [0, 0.05) is 23.8 Å². The molecular formula is C23H24N6. The van der Waals surface area contributed by atoms with E-state index in [9.17, 15) is 0 Å². The normalized spacial score (nSPS) is 12.6. The Labute approximate surface area is 173 Å². The summed E-state index contributed by atoms with van der Waals surface area (Å²) in [5.41, 5.74) is 4.18. The van der Waals surface area contributed by atoms with Crippen molar-refractivity contribution in [2.45, 2.75) is 33.2 Å². The van der Waals surface area contributed by atoms with Crippen LogP contribution in [0.3, 0.4) is 0 Å². The first-order chi connectivity index (χ1) is 14.8. The highest BCUT2D eigenvalue weighted by Crippen LogP contribution is 2.28. The summed E-state index contributed by atoms with van der Waals surface area (Å²) >= 11 is 0. The second-order valence-corrected chi connectivity index (χ2v) is 7.11. The molecule has 146 valence electrons. The summed E-state index contributed by atoms with van der Waals surface area (Å²) in [6, 6.07) is 15.1. The summed E-state index contributed by atoms with van der Waals surface area (Å²) in [6.07, 6.45) is 5.07. The highest BCUT2D eigenvalue weighted by atomic mass is 15.4. The molecule has 0 bridgehead atoms. The van der Waals surface area contributed by atoms with Crippen molar-refractivity contribution in [1.82, 2.24) is 25.0 Å². The fraction of sp³-hybridized carbons (Fsp3) is 0.217. The molecule has 0 aliphatic carbocycles. The molecule has 4 rings (SSSR count). The average molecular weight is 386 g/mol. The van der Waals surface area contributed by atoms with Gasteiger partial charge in [0.05, 0.1) is 20.8 Å². The van der Waals surface area contributed by atoms with Gasteiger partial charge in [-0.15, -0.1) is 5.10 Å². The molecule has 6 heteroatoms. The van der Waals surface area contributed by atoms with E-state index in [-0.39, 0.29) is 0 Å². The van der Waals surface area contributed by atoms with Crippen molar-refractivity contribution < 1.29 is 2.74 Å². The van der Waals surface area contributed by atoms with E-state index < -0.39 is 6.50 Å². The molecule has 0 amide bonds. The lowest BCUT2D eigenvalue weighted by atomic mass is 9.97. The topological polar surface area (TPSA) is 68.5 Å². The van der Waals surface area contributed by atoms with Crippen LogP contribution < -0.4 is 5.32 Å². The third kappa shape index (κ3) is 4.16. The molecule has 2 heterocycles. The predicted molar refractivity (Wildman–Crippen MR) is 115 cm³/mol. The number of rotatable bonds is 6. The Bertz CT molecular complexity index is 1170. The second-order valence-electron chi connectivity index (χ2n) is 7.11. The molecule has 0 fully saturated rings. The number of aromatic nitrogens is 5. The van der Waals surface area contributed by atoms with Crippen LogP contribution in [0.2, 0.25) is 0 Å². The summed E-state index contributed by atoms with van der Waals surface area (Å²) in [4.78, 5) is 9.18. The number of anilines is 1. The summed E-state index contributed by atoms with van der Waals surface area (Å²) < 4.78 is 18.8. The van der Waals surface area contributed by atoms with Crippen molar-refractivity contribution in [2.24, 2.45) is 0 Å². The van der Waals surface area contributed by atoms with Gasteiger partial charge in [-0.05, 0) is 36.1 Å². The van der Waals surface area contributed by atoms with Crippen LogP contribution in [0.5, 0.6) is 0 Å². The lowest BCUT2D eigenvalue weighted by Gasteiger charge is -2.14. The van der Waals surface area contributed by atoms with Gasteiger partial charge in [0.15, 0.2) is 5.82 Å². The molecule has 4 aromatic rings. The standard InChI is InChI=1S/C23H24N6/c1-16(2)20-6-4-5-7-21(20)23-24-14-17(3)22(27-23)25-15-18-8-10-19(11-9-18)29-13-12-26-28-29/h4-14,16H,15H2,1-3H3,(H,24,25,27)/i15D2. The minimum Gasteiger partial charge on any atom is -0.366 e. The monoisotopic (exact) mass is 386 g/mol. The van der Waals surface area contributed by atoms with Crippen molar-refractivity contribution in [1.29, 1.82) is 0 Å². The quantitative estimate of drug-likeness (QED) is 0.517. The van der Waals surface area contributed by atoms with E-state index in [1.165, 1.54) is 0 Å². The van der Waals surface area contributed by atoms with Gasteiger partial charge in [-0.2, -0.15) is 0 Å². The molecular weight excluding hydrogens is 360 g/mol. The van der Waals surface area contributed by atoms with E-state index in [4.69, 9.17) is 2.74 Å². The van der Waals surface area contributed by atoms with Gasteiger partial charge < -0.3 is 5.32 Å². The van der Waals surface area contributed by atoms with E-state index in [0.29, 0.717) is 23.1 Å². The lowest BCUT2D eigenvalue weighted by Crippen LogP contribution is -2.06. The lowest BCUT2D eigenvalue weighted by molar-refractivity contribution is 0.802. The van der Waals surface area contributed by atoms with Crippen molar-refractivity contribution in [3.63, 3.8) is 0 Å². The summed E-state index contributed by atoms with van der Waals surface area (Å²) in [5.74, 6) is 1.37. The van der Waals surface area contributed by atoms with Crippen LogP contribution >= 0.6 is 0 Å². The molecule has 0 atom stereocenters. The maximum Gasteiger partial charge on any atom is 0.161 e. The van der Waals surface area contributed by atoms with Gasteiger partial charge in [0.2, 0.25) is 0 Å². The number of hydrogen-bond acceptors (Lipinski definition) is 5. The van der Waals surface area contributed by atoms with Gasteiger partial charge in [-0.3, -0.25) is 0 Å². The summed E-state index contributed by atoms with van der Waals surface area (Å²) in [6.45, 7) is 4.31. The zero-order valence-corrected chi connectivity index (χ0v) is 16.7. The van der Waals surface area contributed by atoms with Crippen molar-refractivity contribution in [3.8, 4) is 17.1 Å². The molecule has 0 spiro atoms. The van der Waals surface area contributed by atoms with Crippen molar-refractivity contribution in [2.75, 3.05) is 5.32 Å². The van der Waals surface area contributed by atoms with Crippen LogP contribution in [0, 0.1) is 6.92 Å². The zero-order valence-electron chi connectivity index (χ0n) is 18.7. The Morgan fingerprint density at radius 3 is 2.62 bits per heavy atom. The molecule has 2 aromatic heterocycles. The van der Waals surface area contributed by atoms with E-state index in [1.54, 1.807) is 47.5 Å². The molecule has 0 aliphatic rings. The minimum absolute atomic E-state index is 0.326. The number of aryl methyl sites for hydroxylation is 1. The number of nitrogens with one attached hydrogen (secondary N) is 1. The maximum absolute atomic E-state index is 8.59. The molecule has 2 aromatic carbocycles. The third-order valence-corrected chi connectivity index (χ3v) is 4.68. The number of nitrogens with zero attached hydrogens (tertiary/aromatic N) is 5. The van der Waals surface area contributed by atoms with Gasteiger partial charge in [0.1, 0.15) is 5.82 Å². The number of hydrogen-bond donors (Lipinski definition) is 1. The van der Waals surface area contributed by atoms with Gasteiger partial charge in [0.25, 0.3) is 0 Å². The molecule has 6 nitrogen and oxygen atoms in total. The highest BCUT2D eigenvalue weighted by molar-refractivity contribution is 5.63. The van der Waals surface area contributed by atoms with Gasteiger partial charge in [-0.1, -0.05) is 55.5 Å². The minimum atomic E-state index is -1.82. The maximum atomic E-state index is 8.59. The van der Waals surface area contributed by atoms with Crippen molar-refractivity contribution >= 4 is 5.82 Å². The highest BCUT2D eigenvalue weighted by Gasteiger charge is 2.12. The Hall–Kier alpha value is -3.54. The molecule has 29 heavy (non-hydrogen) atoms. The third-order valence-electron chi connectivity index (χ3n) is 4.68. The second kappa shape index (κ2) is 8.22. The Morgan fingerprint density at radius 2 is 1.90 bits per heavy atom. The van der Waals surface area contributed by atoms with Crippen LogP contribution in [0.4, 0.5) is 5.82 Å². The first kappa shape index (κ1) is 16.4. The largest absolute Gasteiger partial charge is 0.366 e. The fourth-order valence-electron chi connectivity index (χ4n) is 3.08. The molecule has 0 unspecified atom stereocenters. The molecule has 0 aliphatic heterocycles. The predicted octanol–water partition coefficient (Wildman–Crippen LogP) is 4.77. The zero-order chi connectivity index (χ0) is 22.0. The fourth-order valence-corrected chi connectivity index (χ4v) is 3.08. The Morgan fingerprint density at radius 1 is 1.10 bits per heavy atom. The van der Waals surface area contributed by atoms with Crippen LogP contribution in [-0.4, -0.2) is 25.0 Å². The summed E-state index contributed by atoms with van der Waals surface area (Å²) in [5, 5.41) is 10.7. The van der Waals surface area contributed by atoms with Gasteiger partial charge in [-0.25, -0.2) is 14.6 Å². The first-order valence-corrected chi connectivity index (χ1v) is 9.53. The first-order valence-electron chi connectivity index (χ1n) is 10.5. The van der Waals surface area contributed by atoms with Crippen molar-refractivity contribution in [3.05, 3.63) is 83.8 Å². The molecule has 0 saturated carbocycles. The molecule has 0 radical (unpaired) electrons. The van der Waals surface area contributed by atoms with Crippen LogP contribution in [0.1, 0.15) is 39.2 Å². The summed E-state index contributed by atoms with van der Waals surface area (Å²) in [7, 11) is 0. The Kier molecular flexibility index (Phi) is 4.66. The Balaban J connectivity index is 1.64. The van der Waals surface area contributed by atoms with E-state index in [1.807, 2.05) is 25.1 Å². The van der Waals surface area contributed by atoms with Crippen LogP contribution in [0.15, 0.2) is 67.1 Å².